The van der Waals surface area contributed by atoms with Gasteiger partial charge in [-0.05, 0) is 17.5 Å². The highest BCUT2D eigenvalue weighted by Crippen LogP contribution is 2.42. The van der Waals surface area contributed by atoms with Gasteiger partial charge in [-0.1, -0.05) is 39.3 Å². The zero-order chi connectivity index (χ0) is 14.7. The number of hydrogen-bond acceptors (Lipinski definition) is 1. The number of nitrogens with two attached hydrogens (primary N) is 1. The van der Waals surface area contributed by atoms with E-state index in [0.717, 1.165) is 6.07 Å². The molecule has 1 aromatic carbocycles. The molecule has 0 aliphatic rings. The topological polar surface area (TPSA) is 26.0 Å². The molecule has 0 aliphatic carbocycles. The van der Waals surface area contributed by atoms with Crippen molar-refractivity contribution >= 4 is 17.3 Å². The second-order valence-electron chi connectivity index (χ2n) is 3.71. The first-order chi connectivity index (χ1) is 8.16. The van der Waals surface area contributed by atoms with Crippen LogP contribution in [-0.4, -0.2) is 0 Å². The Hall–Kier alpha value is -0.970. The minimum atomic E-state index is -4.69. The number of rotatable bonds is 1. The maximum absolute atomic E-state index is 13.2. The molecule has 0 amide bonds. The Bertz CT molecular complexity index is 414. The molecule has 18 heavy (non-hydrogen) atoms. The highest BCUT2D eigenvalue weighted by Gasteiger charge is 2.38. The third-order valence-corrected chi connectivity index (χ3v) is 2.53. The van der Waals surface area contributed by atoms with E-state index >= 15 is 0 Å². The highest BCUT2D eigenvalue weighted by atomic mass is 35.5. The van der Waals surface area contributed by atoms with Crippen molar-refractivity contribution in [3.63, 3.8) is 0 Å². The normalized spacial score (nSPS) is 11.2. The molecule has 0 aromatic heterocycles. The van der Waals surface area contributed by atoms with Crippen LogP contribution in [0, 0.1) is 5.82 Å². The van der Waals surface area contributed by atoms with Crippen LogP contribution in [0.5, 0.6) is 0 Å². The molecule has 0 heterocycles. The summed E-state index contributed by atoms with van der Waals surface area (Å²) in [5.74, 6) is -1.67. The fourth-order valence-corrected chi connectivity index (χ4v) is 1.74. The molecule has 0 radical (unpaired) electrons. The van der Waals surface area contributed by atoms with Gasteiger partial charge in [-0.2, -0.15) is 13.2 Å². The first kappa shape index (κ1) is 17.0. The van der Waals surface area contributed by atoms with E-state index in [1.807, 2.05) is 13.8 Å². The molecule has 0 atom stereocenters. The Labute approximate surface area is 109 Å². The second kappa shape index (κ2) is 6.27. The van der Waals surface area contributed by atoms with Gasteiger partial charge < -0.3 is 5.73 Å². The van der Waals surface area contributed by atoms with Gasteiger partial charge in [-0.3, -0.25) is 0 Å². The second-order valence-corrected chi connectivity index (χ2v) is 4.09. The number of anilines is 1. The molecule has 104 valence electrons. The van der Waals surface area contributed by atoms with Crippen LogP contribution >= 0.6 is 11.6 Å². The van der Waals surface area contributed by atoms with E-state index in [1.165, 1.54) is 0 Å². The summed E-state index contributed by atoms with van der Waals surface area (Å²) < 4.78 is 51.3. The summed E-state index contributed by atoms with van der Waals surface area (Å²) in [7, 11) is 0. The van der Waals surface area contributed by atoms with Crippen LogP contribution in [0.15, 0.2) is 6.07 Å². The Kier molecular flexibility index (Phi) is 5.93. The fourth-order valence-electron chi connectivity index (χ4n) is 1.41. The van der Waals surface area contributed by atoms with Crippen LogP contribution in [0.1, 0.15) is 44.7 Å². The van der Waals surface area contributed by atoms with Crippen LogP contribution in [0.25, 0.3) is 0 Å². The lowest BCUT2D eigenvalue weighted by atomic mass is 9.96. The quantitative estimate of drug-likeness (QED) is 0.555. The maximum Gasteiger partial charge on any atom is 0.418 e. The number of benzene rings is 1. The van der Waals surface area contributed by atoms with Crippen molar-refractivity contribution in [3.05, 3.63) is 28.0 Å². The summed E-state index contributed by atoms with van der Waals surface area (Å²) in [4.78, 5) is 0. The van der Waals surface area contributed by atoms with Crippen LogP contribution in [0.2, 0.25) is 5.02 Å². The van der Waals surface area contributed by atoms with E-state index in [2.05, 4.69) is 0 Å². The summed E-state index contributed by atoms with van der Waals surface area (Å²) in [6, 6.07) is 0.981. The smallest absolute Gasteiger partial charge is 0.396 e. The molecule has 1 nitrogen and oxygen atoms in total. The van der Waals surface area contributed by atoms with Crippen molar-refractivity contribution in [3.8, 4) is 0 Å². The number of halogens is 5. The lowest BCUT2D eigenvalue weighted by Crippen LogP contribution is -2.13. The lowest BCUT2D eigenvalue weighted by Gasteiger charge is -2.18. The summed E-state index contributed by atoms with van der Waals surface area (Å²) in [6.45, 7) is 7.11. The van der Waals surface area contributed by atoms with E-state index in [4.69, 9.17) is 17.3 Å². The van der Waals surface area contributed by atoms with E-state index in [1.54, 1.807) is 13.8 Å². The van der Waals surface area contributed by atoms with Gasteiger partial charge >= 0.3 is 6.18 Å². The zero-order valence-electron chi connectivity index (χ0n) is 10.6. The van der Waals surface area contributed by atoms with Gasteiger partial charge in [0.05, 0.1) is 16.3 Å². The van der Waals surface area contributed by atoms with Crippen molar-refractivity contribution < 1.29 is 17.6 Å². The van der Waals surface area contributed by atoms with Crippen LogP contribution in [0.3, 0.4) is 0 Å². The molecule has 2 N–H and O–H groups in total. The molecule has 0 saturated carbocycles. The van der Waals surface area contributed by atoms with E-state index in [9.17, 15) is 17.6 Å². The van der Waals surface area contributed by atoms with Crippen molar-refractivity contribution in [2.75, 3.05) is 5.73 Å². The molecule has 0 fully saturated rings. The zero-order valence-corrected chi connectivity index (χ0v) is 11.4. The lowest BCUT2D eigenvalue weighted by molar-refractivity contribution is -0.138. The fraction of sp³-hybridized carbons (Fsp3) is 0.500. The van der Waals surface area contributed by atoms with Gasteiger partial charge in [-0.25, -0.2) is 4.39 Å². The molecule has 1 aromatic rings. The van der Waals surface area contributed by atoms with Gasteiger partial charge in [0, 0.05) is 0 Å². The summed E-state index contributed by atoms with van der Waals surface area (Å²) >= 11 is 5.36. The molecule has 0 aliphatic heterocycles. The number of nitrogen functional groups attached to an aromatic ring is 1. The van der Waals surface area contributed by atoms with Gasteiger partial charge in [0.2, 0.25) is 0 Å². The van der Waals surface area contributed by atoms with E-state index < -0.39 is 28.5 Å². The Morgan fingerprint density at radius 1 is 1.22 bits per heavy atom. The largest absolute Gasteiger partial charge is 0.418 e. The monoisotopic (exact) mass is 285 g/mol. The summed E-state index contributed by atoms with van der Waals surface area (Å²) in [6.07, 6.45) is -4.69. The van der Waals surface area contributed by atoms with Gasteiger partial charge in [0.1, 0.15) is 0 Å². The van der Waals surface area contributed by atoms with Crippen molar-refractivity contribution in [2.45, 2.75) is 39.8 Å². The first-order valence-electron chi connectivity index (χ1n) is 5.50. The van der Waals surface area contributed by atoms with Crippen LogP contribution in [0.4, 0.5) is 23.2 Å². The third-order valence-electron chi connectivity index (χ3n) is 2.17. The van der Waals surface area contributed by atoms with Crippen molar-refractivity contribution in [1.29, 1.82) is 0 Å². The van der Waals surface area contributed by atoms with Crippen LogP contribution < -0.4 is 5.73 Å². The van der Waals surface area contributed by atoms with Crippen molar-refractivity contribution in [2.24, 2.45) is 0 Å². The highest BCUT2D eigenvalue weighted by molar-refractivity contribution is 6.32. The van der Waals surface area contributed by atoms with E-state index in [0.29, 0.717) is 0 Å². The average molecular weight is 286 g/mol. The number of alkyl halides is 3. The molecule has 0 unspecified atom stereocenters. The van der Waals surface area contributed by atoms with Crippen LogP contribution in [-0.2, 0) is 6.18 Å². The molecule has 0 spiro atoms. The third kappa shape index (κ3) is 3.51. The minimum absolute atomic E-state index is 0.101. The van der Waals surface area contributed by atoms with Crippen molar-refractivity contribution in [1.82, 2.24) is 0 Å². The molecule has 6 heteroatoms. The molecule has 0 saturated heterocycles. The molecule has 0 bridgehead atoms. The van der Waals surface area contributed by atoms with E-state index in [-0.39, 0.29) is 11.3 Å². The predicted molar refractivity (Wildman–Crippen MR) is 66.3 cm³/mol. The first-order valence-corrected chi connectivity index (χ1v) is 5.88. The Balaban J connectivity index is 0.00000137. The molecular formula is C12H16ClF4N. The predicted octanol–water partition coefficient (Wildman–Crippen LogP) is 5.23. The standard InChI is InChI=1S/C10H10ClF4N.C2H6/c1-4(2)5-3-6(16)9(12)8(11)7(5)10(13,14)15;1-2/h3-4H,16H2,1-2H3;1-2H3. The van der Waals surface area contributed by atoms with Gasteiger partial charge in [-0.15, -0.1) is 0 Å². The van der Waals surface area contributed by atoms with Gasteiger partial charge in [0.15, 0.2) is 5.82 Å². The number of hydrogen-bond donors (Lipinski definition) is 1. The maximum atomic E-state index is 13.2. The summed E-state index contributed by atoms with van der Waals surface area (Å²) in [5.41, 5.74) is 3.63. The molecular weight excluding hydrogens is 270 g/mol. The summed E-state index contributed by atoms with van der Waals surface area (Å²) in [5, 5.41) is -0.962. The average Bonchev–Trinajstić information content (AvgIpc) is 2.26. The van der Waals surface area contributed by atoms with Gasteiger partial charge in [0.25, 0.3) is 0 Å². The molecule has 1 rings (SSSR count). The minimum Gasteiger partial charge on any atom is -0.396 e. The Morgan fingerprint density at radius 2 is 1.67 bits per heavy atom. The SMILES string of the molecule is CC.CC(C)c1cc(N)c(F)c(Cl)c1C(F)(F)F. The Morgan fingerprint density at radius 3 is 2.00 bits per heavy atom.